The second-order valence-corrected chi connectivity index (χ2v) is 4.79. The van der Waals surface area contributed by atoms with Crippen LogP contribution in [0.2, 0.25) is 0 Å². The highest BCUT2D eigenvalue weighted by molar-refractivity contribution is 4.61. The van der Waals surface area contributed by atoms with Crippen LogP contribution in [0, 0.1) is 5.92 Å². The molecule has 0 heterocycles. The summed E-state index contributed by atoms with van der Waals surface area (Å²) < 4.78 is 5.49. The van der Waals surface area contributed by atoms with Gasteiger partial charge in [-0.05, 0) is 32.1 Å². The van der Waals surface area contributed by atoms with Crippen LogP contribution in [0.3, 0.4) is 0 Å². The van der Waals surface area contributed by atoms with Crippen LogP contribution in [-0.4, -0.2) is 25.8 Å². The van der Waals surface area contributed by atoms with Gasteiger partial charge in [-0.3, -0.25) is 0 Å². The number of hydrogen-bond acceptors (Lipinski definition) is 2. The van der Waals surface area contributed by atoms with Crippen molar-refractivity contribution >= 4 is 0 Å². The molecular weight excluding hydrogens is 186 g/mol. The monoisotopic (exact) mass is 215 g/mol. The van der Waals surface area contributed by atoms with Gasteiger partial charge < -0.3 is 10.1 Å². The van der Waals surface area contributed by atoms with E-state index >= 15 is 0 Å². The highest BCUT2D eigenvalue weighted by atomic mass is 16.5. The fourth-order valence-electron chi connectivity index (χ4n) is 1.41. The first kappa shape index (κ1) is 14.9. The molecule has 0 saturated carbocycles. The van der Waals surface area contributed by atoms with Crippen LogP contribution in [0.4, 0.5) is 0 Å². The van der Waals surface area contributed by atoms with Gasteiger partial charge in [-0.1, -0.05) is 27.2 Å². The molecule has 1 atom stereocenters. The van der Waals surface area contributed by atoms with Crippen molar-refractivity contribution in [2.24, 2.45) is 5.92 Å². The molecule has 0 fully saturated rings. The first-order valence-corrected chi connectivity index (χ1v) is 6.48. The summed E-state index contributed by atoms with van der Waals surface area (Å²) in [6, 6.07) is 0.627. The molecule has 1 N–H and O–H groups in total. The van der Waals surface area contributed by atoms with E-state index in [9.17, 15) is 0 Å². The van der Waals surface area contributed by atoms with E-state index in [1.165, 1.54) is 25.7 Å². The molecule has 0 bridgehead atoms. The van der Waals surface area contributed by atoms with Crippen molar-refractivity contribution in [2.75, 3.05) is 19.8 Å². The Morgan fingerprint density at radius 1 is 1.07 bits per heavy atom. The minimum atomic E-state index is 0.627. The van der Waals surface area contributed by atoms with Crippen LogP contribution in [0.15, 0.2) is 0 Å². The van der Waals surface area contributed by atoms with Gasteiger partial charge in [0.2, 0.25) is 0 Å². The summed E-state index contributed by atoms with van der Waals surface area (Å²) in [6.07, 6.45) is 4.98. The molecule has 0 aromatic heterocycles. The standard InChI is InChI=1S/C13H29NO/c1-5-6-10-15-11-9-14-13(4)8-7-12(2)3/h12-14H,5-11H2,1-4H3. The Morgan fingerprint density at radius 2 is 1.80 bits per heavy atom. The van der Waals surface area contributed by atoms with Crippen molar-refractivity contribution in [2.45, 2.75) is 59.4 Å². The maximum absolute atomic E-state index is 5.49. The molecule has 0 amide bonds. The van der Waals surface area contributed by atoms with E-state index in [0.717, 1.165) is 25.7 Å². The zero-order valence-corrected chi connectivity index (χ0v) is 11.0. The second-order valence-electron chi connectivity index (χ2n) is 4.79. The Balaban J connectivity index is 3.13. The highest BCUT2D eigenvalue weighted by Crippen LogP contribution is 2.05. The minimum absolute atomic E-state index is 0.627. The summed E-state index contributed by atoms with van der Waals surface area (Å²) in [5.74, 6) is 0.815. The summed E-state index contributed by atoms with van der Waals surface area (Å²) in [6.45, 7) is 11.8. The van der Waals surface area contributed by atoms with E-state index in [1.54, 1.807) is 0 Å². The van der Waals surface area contributed by atoms with Gasteiger partial charge >= 0.3 is 0 Å². The Morgan fingerprint density at radius 3 is 2.40 bits per heavy atom. The number of ether oxygens (including phenoxy) is 1. The fourth-order valence-corrected chi connectivity index (χ4v) is 1.41. The van der Waals surface area contributed by atoms with E-state index in [0.29, 0.717) is 6.04 Å². The summed E-state index contributed by atoms with van der Waals surface area (Å²) >= 11 is 0. The Hall–Kier alpha value is -0.0800. The maximum atomic E-state index is 5.49. The third-order valence-electron chi connectivity index (χ3n) is 2.56. The smallest absolute Gasteiger partial charge is 0.0590 e. The molecular formula is C13H29NO. The van der Waals surface area contributed by atoms with Crippen LogP contribution in [0.25, 0.3) is 0 Å². The van der Waals surface area contributed by atoms with Crippen molar-refractivity contribution in [3.63, 3.8) is 0 Å². The predicted molar refractivity (Wildman–Crippen MR) is 67.3 cm³/mol. The molecule has 2 nitrogen and oxygen atoms in total. The van der Waals surface area contributed by atoms with Gasteiger partial charge in [0.15, 0.2) is 0 Å². The van der Waals surface area contributed by atoms with Crippen LogP contribution < -0.4 is 5.32 Å². The SMILES string of the molecule is CCCCOCCNC(C)CCC(C)C. The van der Waals surface area contributed by atoms with Gasteiger partial charge in [-0.2, -0.15) is 0 Å². The number of unbranched alkanes of at least 4 members (excludes halogenated alkanes) is 1. The lowest BCUT2D eigenvalue weighted by atomic mass is 10.0. The van der Waals surface area contributed by atoms with E-state index in [4.69, 9.17) is 4.74 Å². The third kappa shape index (κ3) is 11.8. The van der Waals surface area contributed by atoms with Crippen molar-refractivity contribution < 1.29 is 4.74 Å². The zero-order valence-electron chi connectivity index (χ0n) is 11.0. The molecule has 15 heavy (non-hydrogen) atoms. The molecule has 0 spiro atoms. The normalized spacial score (nSPS) is 13.4. The van der Waals surface area contributed by atoms with E-state index in [2.05, 4.69) is 33.0 Å². The minimum Gasteiger partial charge on any atom is -0.380 e. The molecule has 0 aromatic rings. The molecule has 92 valence electrons. The average molecular weight is 215 g/mol. The number of nitrogens with one attached hydrogen (secondary N) is 1. The molecule has 0 aliphatic heterocycles. The molecule has 0 rings (SSSR count). The number of hydrogen-bond donors (Lipinski definition) is 1. The molecule has 0 aliphatic rings. The van der Waals surface area contributed by atoms with Crippen LogP contribution in [0.1, 0.15) is 53.4 Å². The molecule has 0 saturated heterocycles. The summed E-state index contributed by atoms with van der Waals surface area (Å²) in [4.78, 5) is 0. The Labute approximate surface area is 95.8 Å². The Kier molecular flexibility index (Phi) is 10.4. The van der Waals surface area contributed by atoms with Gasteiger partial charge in [0.25, 0.3) is 0 Å². The van der Waals surface area contributed by atoms with E-state index in [1.807, 2.05) is 0 Å². The number of rotatable bonds is 10. The van der Waals surface area contributed by atoms with Crippen molar-refractivity contribution in [1.82, 2.24) is 5.32 Å². The predicted octanol–water partition coefficient (Wildman–Crippen LogP) is 3.22. The van der Waals surface area contributed by atoms with E-state index < -0.39 is 0 Å². The van der Waals surface area contributed by atoms with Gasteiger partial charge in [-0.15, -0.1) is 0 Å². The molecule has 0 radical (unpaired) electrons. The van der Waals surface area contributed by atoms with Gasteiger partial charge in [0.05, 0.1) is 6.61 Å². The summed E-state index contributed by atoms with van der Waals surface area (Å²) in [7, 11) is 0. The lowest BCUT2D eigenvalue weighted by Crippen LogP contribution is -2.29. The fraction of sp³-hybridized carbons (Fsp3) is 1.00. The summed E-state index contributed by atoms with van der Waals surface area (Å²) in [5, 5.41) is 3.49. The largest absolute Gasteiger partial charge is 0.380 e. The molecule has 0 aliphatic carbocycles. The topological polar surface area (TPSA) is 21.3 Å². The molecule has 0 aromatic carbocycles. The van der Waals surface area contributed by atoms with Gasteiger partial charge in [-0.25, -0.2) is 0 Å². The first-order valence-electron chi connectivity index (χ1n) is 6.48. The maximum Gasteiger partial charge on any atom is 0.0590 e. The highest BCUT2D eigenvalue weighted by Gasteiger charge is 2.02. The van der Waals surface area contributed by atoms with Crippen LogP contribution >= 0.6 is 0 Å². The van der Waals surface area contributed by atoms with Crippen molar-refractivity contribution in [3.05, 3.63) is 0 Å². The molecule has 2 heteroatoms. The second kappa shape index (κ2) is 10.4. The summed E-state index contributed by atoms with van der Waals surface area (Å²) in [5.41, 5.74) is 0. The van der Waals surface area contributed by atoms with Crippen molar-refractivity contribution in [1.29, 1.82) is 0 Å². The lowest BCUT2D eigenvalue weighted by molar-refractivity contribution is 0.131. The van der Waals surface area contributed by atoms with Crippen LogP contribution in [-0.2, 0) is 4.74 Å². The lowest BCUT2D eigenvalue weighted by Gasteiger charge is -2.14. The first-order chi connectivity index (χ1) is 7.16. The Bertz CT molecular complexity index is 126. The van der Waals surface area contributed by atoms with E-state index in [-0.39, 0.29) is 0 Å². The van der Waals surface area contributed by atoms with Crippen LogP contribution in [0.5, 0.6) is 0 Å². The molecule has 1 unspecified atom stereocenters. The van der Waals surface area contributed by atoms with Crippen molar-refractivity contribution in [3.8, 4) is 0 Å². The zero-order chi connectivity index (χ0) is 11.5. The average Bonchev–Trinajstić information content (AvgIpc) is 2.20. The van der Waals surface area contributed by atoms with Gasteiger partial charge in [0.1, 0.15) is 0 Å². The quantitative estimate of drug-likeness (QED) is 0.565. The van der Waals surface area contributed by atoms with Gasteiger partial charge in [0, 0.05) is 19.2 Å². The third-order valence-corrected chi connectivity index (χ3v) is 2.56.